The summed E-state index contributed by atoms with van der Waals surface area (Å²) in [6.45, 7) is 1.62. The minimum Gasteiger partial charge on any atom is -0.332 e. The molecule has 2 aromatic heterocycles. The molecular weight excluding hydrogens is 400 g/mol. The summed E-state index contributed by atoms with van der Waals surface area (Å²) in [5.74, 6) is -0.000401. The van der Waals surface area contributed by atoms with Crippen LogP contribution in [0.3, 0.4) is 0 Å². The van der Waals surface area contributed by atoms with Crippen molar-refractivity contribution in [2.75, 3.05) is 0 Å². The van der Waals surface area contributed by atoms with Crippen molar-refractivity contribution < 1.29 is 14.1 Å². The quantitative estimate of drug-likeness (QED) is 0.486. The summed E-state index contributed by atoms with van der Waals surface area (Å²) in [6, 6.07) is 13.5. The SMILES string of the molecule is Cn1nc(-c2nc(-c3cccc(C4(C)NC(=O)NC4=O)c3)no2)c2ccccc2c1=O. The third-order valence-electron chi connectivity index (χ3n) is 5.33. The number of imide groups is 1. The number of urea groups is 1. The first-order chi connectivity index (χ1) is 14.9. The number of carbonyl (C=O) groups excluding carboxylic acids is 2. The highest BCUT2D eigenvalue weighted by atomic mass is 16.5. The van der Waals surface area contributed by atoms with Gasteiger partial charge >= 0.3 is 6.03 Å². The molecule has 10 heteroatoms. The number of hydrogen-bond donors (Lipinski definition) is 2. The van der Waals surface area contributed by atoms with Gasteiger partial charge in [-0.05, 0) is 24.6 Å². The molecule has 1 unspecified atom stereocenters. The highest BCUT2D eigenvalue weighted by Gasteiger charge is 2.43. The lowest BCUT2D eigenvalue weighted by atomic mass is 9.91. The van der Waals surface area contributed by atoms with Crippen LogP contribution in [0.4, 0.5) is 4.79 Å². The van der Waals surface area contributed by atoms with Gasteiger partial charge in [0.25, 0.3) is 17.4 Å². The summed E-state index contributed by atoms with van der Waals surface area (Å²) < 4.78 is 6.68. The normalized spacial score (nSPS) is 18.3. The molecule has 0 spiro atoms. The van der Waals surface area contributed by atoms with Crippen molar-refractivity contribution in [2.24, 2.45) is 7.05 Å². The van der Waals surface area contributed by atoms with Gasteiger partial charge in [0.05, 0.1) is 5.39 Å². The van der Waals surface area contributed by atoms with E-state index in [9.17, 15) is 14.4 Å². The molecule has 0 aliphatic carbocycles. The van der Waals surface area contributed by atoms with Crippen LogP contribution >= 0.6 is 0 Å². The number of nitrogens with zero attached hydrogens (tertiary/aromatic N) is 4. The Balaban J connectivity index is 1.58. The number of rotatable bonds is 3. The summed E-state index contributed by atoms with van der Waals surface area (Å²) in [4.78, 5) is 40.7. The Morgan fingerprint density at radius 2 is 1.81 bits per heavy atom. The molecule has 2 aromatic carbocycles. The van der Waals surface area contributed by atoms with Crippen LogP contribution in [0.2, 0.25) is 0 Å². The van der Waals surface area contributed by atoms with Gasteiger partial charge in [-0.3, -0.25) is 14.9 Å². The first-order valence-corrected chi connectivity index (χ1v) is 9.41. The van der Waals surface area contributed by atoms with Gasteiger partial charge in [-0.25, -0.2) is 9.48 Å². The second-order valence-corrected chi connectivity index (χ2v) is 7.36. The van der Waals surface area contributed by atoms with Gasteiger partial charge in [0.2, 0.25) is 5.82 Å². The van der Waals surface area contributed by atoms with Crippen LogP contribution in [0.15, 0.2) is 57.8 Å². The monoisotopic (exact) mass is 416 g/mol. The van der Waals surface area contributed by atoms with Crippen molar-refractivity contribution in [3.63, 3.8) is 0 Å². The largest absolute Gasteiger partial charge is 0.332 e. The number of amides is 3. The van der Waals surface area contributed by atoms with Crippen molar-refractivity contribution in [2.45, 2.75) is 12.5 Å². The first kappa shape index (κ1) is 18.7. The zero-order valence-electron chi connectivity index (χ0n) is 16.5. The summed E-state index contributed by atoms with van der Waals surface area (Å²) >= 11 is 0. The molecule has 4 aromatic rings. The maximum Gasteiger partial charge on any atom is 0.322 e. The molecule has 3 heterocycles. The Labute approximate surface area is 174 Å². The zero-order valence-corrected chi connectivity index (χ0v) is 16.5. The van der Waals surface area contributed by atoms with E-state index in [0.29, 0.717) is 27.6 Å². The van der Waals surface area contributed by atoms with E-state index in [-0.39, 0.29) is 17.3 Å². The molecule has 1 saturated heterocycles. The number of fused-ring (bicyclic) bond motifs is 1. The van der Waals surface area contributed by atoms with Crippen LogP contribution in [-0.2, 0) is 17.4 Å². The standard InChI is InChI=1S/C21H16N6O4/c1-21(19(29)23-20(30)24-21)12-7-5-6-11(10-12)16-22-17(31-26-16)15-13-8-3-4-9-14(13)18(28)27(2)25-15/h3-10H,1-2H3,(H2,23,24,29,30). The molecule has 1 aliphatic rings. The van der Waals surface area contributed by atoms with Crippen molar-refractivity contribution in [1.82, 2.24) is 30.6 Å². The number of hydrogen-bond acceptors (Lipinski definition) is 7. The van der Waals surface area contributed by atoms with Gasteiger partial charge in [-0.15, -0.1) is 0 Å². The third-order valence-corrected chi connectivity index (χ3v) is 5.33. The summed E-state index contributed by atoms with van der Waals surface area (Å²) in [6.07, 6.45) is 0. The van der Waals surface area contributed by atoms with E-state index in [2.05, 4.69) is 25.9 Å². The lowest BCUT2D eigenvalue weighted by Crippen LogP contribution is -2.40. The smallest absolute Gasteiger partial charge is 0.322 e. The minimum atomic E-state index is -1.20. The van der Waals surface area contributed by atoms with Crippen LogP contribution in [0.1, 0.15) is 12.5 Å². The zero-order chi connectivity index (χ0) is 21.8. The van der Waals surface area contributed by atoms with E-state index < -0.39 is 17.5 Å². The second-order valence-electron chi connectivity index (χ2n) is 7.36. The number of nitrogens with one attached hydrogen (secondary N) is 2. The van der Waals surface area contributed by atoms with Crippen LogP contribution in [0.25, 0.3) is 33.7 Å². The maximum atomic E-state index is 12.4. The first-order valence-electron chi connectivity index (χ1n) is 9.41. The Bertz CT molecular complexity index is 1440. The molecule has 5 rings (SSSR count). The average molecular weight is 416 g/mol. The molecule has 2 N–H and O–H groups in total. The minimum absolute atomic E-state index is 0.158. The number of aryl methyl sites for hydroxylation is 1. The van der Waals surface area contributed by atoms with Gasteiger partial charge in [0.15, 0.2) is 5.69 Å². The van der Waals surface area contributed by atoms with Crippen LogP contribution < -0.4 is 16.2 Å². The predicted octanol–water partition coefficient (Wildman–Crippen LogP) is 1.71. The van der Waals surface area contributed by atoms with Crippen LogP contribution in [0.5, 0.6) is 0 Å². The van der Waals surface area contributed by atoms with Crippen molar-refractivity contribution in [3.05, 3.63) is 64.4 Å². The second kappa shape index (κ2) is 6.59. The molecule has 0 radical (unpaired) electrons. The van der Waals surface area contributed by atoms with Gasteiger partial charge in [0.1, 0.15) is 5.54 Å². The average Bonchev–Trinajstić information content (AvgIpc) is 3.36. The van der Waals surface area contributed by atoms with Gasteiger partial charge < -0.3 is 9.84 Å². The lowest BCUT2D eigenvalue weighted by Gasteiger charge is -2.21. The van der Waals surface area contributed by atoms with E-state index in [0.717, 1.165) is 0 Å². The van der Waals surface area contributed by atoms with Crippen LogP contribution in [-0.4, -0.2) is 31.9 Å². The van der Waals surface area contributed by atoms with Gasteiger partial charge in [-0.1, -0.05) is 41.6 Å². The number of carbonyl (C=O) groups is 2. The third kappa shape index (κ3) is 2.88. The van der Waals surface area contributed by atoms with Crippen LogP contribution in [0, 0.1) is 0 Å². The molecule has 0 bridgehead atoms. The van der Waals surface area contributed by atoms with E-state index in [4.69, 9.17) is 4.52 Å². The van der Waals surface area contributed by atoms with E-state index in [1.165, 1.54) is 4.68 Å². The molecule has 31 heavy (non-hydrogen) atoms. The fraction of sp³-hybridized carbons (Fsp3) is 0.143. The van der Waals surface area contributed by atoms with Crippen molar-refractivity contribution in [1.29, 1.82) is 0 Å². The summed E-state index contributed by atoms with van der Waals surface area (Å²) in [7, 11) is 1.56. The Morgan fingerprint density at radius 3 is 2.55 bits per heavy atom. The highest BCUT2D eigenvalue weighted by Crippen LogP contribution is 2.29. The van der Waals surface area contributed by atoms with E-state index in [1.54, 1.807) is 62.5 Å². The van der Waals surface area contributed by atoms with Gasteiger partial charge in [0, 0.05) is 18.0 Å². The van der Waals surface area contributed by atoms with E-state index >= 15 is 0 Å². The molecule has 1 atom stereocenters. The molecule has 1 aliphatic heterocycles. The maximum absolute atomic E-state index is 12.4. The van der Waals surface area contributed by atoms with E-state index in [1.807, 2.05) is 0 Å². The molecule has 10 nitrogen and oxygen atoms in total. The Morgan fingerprint density at radius 1 is 1.03 bits per heavy atom. The highest BCUT2D eigenvalue weighted by molar-refractivity contribution is 6.07. The van der Waals surface area contributed by atoms with Crippen molar-refractivity contribution in [3.8, 4) is 23.0 Å². The summed E-state index contributed by atoms with van der Waals surface area (Å²) in [5.41, 5.74) is 0.135. The Kier molecular flexibility index (Phi) is 3.97. The molecular formula is C21H16N6O4. The molecule has 3 amide bonds. The molecule has 0 saturated carbocycles. The predicted molar refractivity (Wildman–Crippen MR) is 110 cm³/mol. The Hall–Kier alpha value is -4.34. The molecule has 1 fully saturated rings. The number of aromatic nitrogens is 4. The van der Waals surface area contributed by atoms with Crippen molar-refractivity contribution >= 4 is 22.7 Å². The topological polar surface area (TPSA) is 132 Å². The fourth-order valence-electron chi connectivity index (χ4n) is 3.61. The summed E-state index contributed by atoms with van der Waals surface area (Å²) in [5, 5.41) is 14.3. The fourth-order valence-corrected chi connectivity index (χ4v) is 3.61. The van der Waals surface area contributed by atoms with Gasteiger partial charge in [-0.2, -0.15) is 10.1 Å². The lowest BCUT2D eigenvalue weighted by molar-refractivity contribution is -0.123. The molecule has 154 valence electrons. The number of benzene rings is 2.